The smallest absolute Gasteiger partial charge is 0.416 e. The van der Waals surface area contributed by atoms with Crippen molar-refractivity contribution in [1.82, 2.24) is 0 Å². The largest absolute Gasteiger partial charge is 0.497 e. The molecule has 2 aromatic carbocycles. The number of esters is 1. The topological polar surface area (TPSA) is 70.8 Å². The molecule has 24 heavy (non-hydrogen) atoms. The van der Waals surface area contributed by atoms with Crippen LogP contribution in [-0.4, -0.2) is 20.2 Å². The molecule has 0 saturated heterocycles. The van der Waals surface area contributed by atoms with Gasteiger partial charge in [-0.15, -0.1) is 0 Å². The van der Waals surface area contributed by atoms with Gasteiger partial charge in [0.25, 0.3) is 0 Å². The fourth-order valence-electron chi connectivity index (χ4n) is 1.93. The first kappa shape index (κ1) is 17.5. The van der Waals surface area contributed by atoms with E-state index in [9.17, 15) is 18.0 Å². The Kier molecular flexibility index (Phi) is 4.87. The molecule has 2 aromatic rings. The van der Waals surface area contributed by atoms with Crippen LogP contribution in [0, 0.1) is 0 Å². The Bertz CT molecular complexity index is 759. The molecule has 0 aliphatic carbocycles. The average molecular weight is 341 g/mol. The zero-order valence-corrected chi connectivity index (χ0v) is 12.8. The fraction of sp³-hybridized carbons (Fsp3) is 0.188. The second-order valence-electron chi connectivity index (χ2n) is 4.71. The normalized spacial score (nSPS) is 11.0. The van der Waals surface area contributed by atoms with E-state index in [4.69, 9.17) is 15.2 Å². The van der Waals surface area contributed by atoms with E-state index in [0.29, 0.717) is 5.75 Å². The first-order valence-electron chi connectivity index (χ1n) is 6.67. The van der Waals surface area contributed by atoms with Gasteiger partial charge >= 0.3 is 12.1 Å². The number of rotatable bonds is 4. The summed E-state index contributed by atoms with van der Waals surface area (Å²) in [7, 11) is 2.62. The van der Waals surface area contributed by atoms with Crippen LogP contribution in [0.1, 0.15) is 15.9 Å². The van der Waals surface area contributed by atoms with Crippen LogP contribution in [-0.2, 0) is 10.9 Å². The molecule has 0 aliphatic rings. The Morgan fingerprint density at radius 2 is 1.75 bits per heavy atom. The Labute approximate surface area is 135 Å². The lowest BCUT2D eigenvalue weighted by Gasteiger charge is -2.14. The minimum atomic E-state index is -4.51. The predicted molar refractivity (Wildman–Crippen MR) is 80.3 cm³/mol. The first-order chi connectivity index (χ1) is 11.3. The lowest BCUT2D eigenvalue weighted by molar-refractivity contribution is -0.137. The molecule has 0 heterocycles. The number of ether oxygens (including phenoxy) is 3. The maximum atomic E-state index is 12.7. The van der Waals surface area contributed by atoms with E-state index in [-0.39, 0.29) is 22.7 Å². The number of benzene rings is 2. The zero-order chi connectivity index (χ0) is 17.9. The van der Waals surface area contributed by atoms with E-state index >= 15 is 0 Å². The molecular weight excluding hydrogens is 327 g/mol. The van der Waals surface area contributed by atoms with Gasteiger partial charge in [-0.2, -0.15) is 13.2 Å². The molecule has 8 heteroatoms. The summed E-state index contributed by atoms with van der Waals surface area (Å²) in [6.07, 6.45) is -4.51. The van der Waals surface area contributed by atoms with Crippen LogP contribution < -0.4 is 15.2 Å². The highest BCUT2D eigenvalue weighted by molar-refractivity contribution is 5.92. The van der Waals surface area contributed by atoms with Crippen LogP contribution in [0.25, 0.3) is 0 Å². The Morgan fingerprint density at radius 1 is 1.04 bits per heavy atom. The number of halogens is 3. The van der Waals surface area contributed by atoms with Crippen molar-refractivity contribution in [2.45, 2.75) is 6.18 Å². The van der Waals surface area contributed by atoms with E-state index in [1.54, 1.807) is 0 Å². The van der Waals surface area contributed by atoms with Crippen LogP contribution in [0.5, 0.6) is 17.2 Å². The summed E-state index contributed by atoms with van der Waals surface area (Å²) in [5.41, 5.74) is 4.59. The van der Waals surface area contributed by atoms with Crippen molar-refractivity contribution in [1.29, 1.82) is 0 Å². The molecule has 0 amide bonds. The molecule has 0 atom stereocenters. The summed E-state index contributed by atoms with van der Waals surface area (Å²) < 4.78 is 53.2. The Hall–Kier alpha value is -2.90. The van der Waals surface area contributed by atoms with E-state index < -0.39 is 17.7 Å². The molecule has 0 saturated carbocycles. The van der Waals surface area contributed by atoms with Crippen molar-refractivity contribution in [3.63, 3.8) is 0 Å². The molecule has 0 spiro atoms. The molecule has 2 rings (SSSR count). The second-order valence-corrected chi connectivity index (χ2v) is 4.71. The highest BCUT2D eigenvalue weighted by Crippen LogP contribution is 2.37. The molecule has 0 bridgehead atoms. The van der Waals surface area contributed by atoms with Gasteiger partial charge in [0.2, 0.25) is 0 Å². The van der Waals surface area contributed by atoms with E-state index in [1.165, 1.54) is 32.4 Å². The quantitative estimate of drug-likeness (QED) is 0.675. The molecule has 0 aliphatic heterocycles. The third-order valence-corrected chi connectivity index (χ3v) is 3.15. The van der Waals surface area contributed by atoms with Gasteiger partial charge in [0.15, 0.2) is 0 Å². The van der Waals surface area contributed by atoms with Gasteiger partial charge < -0.3 is 19.9 Å². The maximum Gasteiger partial charge on any atom is 0.416 e. The van der Waals surface area contributed by atoms with Gasteiger partial charge in [0.05, 0.1) is 25.5 Å². The second kappa shape index (κ2) is 6.69. The molecule has 0 fully saturated rings. The van der Waals surface area contributed by atoms with Crippen LogP contribution in [0.4, 0.5) is 18.9 Å². The van der Waals surface area contributed by atoms with Crippen molar-refractivity contribution < 1.29 is 32.2 Å². The summed E-state index contributed by atoms with van der Waals surface area (Å²) in [6.45, 7) is 0. The number of alkyl halides is 3. The summed E-state index contributed by atoms with van der Waals surface area (Å²) >= 11 is 0. The number of carbonyl (C=O) groups excluding carboxylic acids is 1. The standard InChI is InChI=1S/C16H14F3NO4/c1-22-10-4-5-11(15(21)23-2)14(8-10)24-13-6-3-9(7-12(13)20)16(17,18)19/h3-8H,20H2,1-2H3. The monoisotopic (exact) mass is 341 g/mol. The average Bonchev–Trinajstić information content (AvgIpc) is 2.54. The van der Waals surface area contributed by atoms with Gasteiger partial charge in [0, 0.05) is 6.07 Å². The fourth-order valence-corrected chi connectivity index (χ4v) is 1.93. The highest BCUT2D eigenvalue weighted by atomic mass is 19.4. The number of hydrogen-bond acceptors (Lipinski definition) is 5. The van der Waals surface area contributed by atoms with Crippen LogP contribution in [0.2, 0.25) is 0 Å². The minimum Gasteiger partial charge on any atom is -0.497 e. The summed E-state index contributed by atoms with van der Waals surface area (Å²) in [6, 6.07) is 7.02. The molecule has 0 unspecified atom stereocenters. The van der Waals surface area contributed by atoms with Crippen molar-refractivity contribution in [2.24, 2.45) is 0 Å². The summed E-state index contributed by atoms with van der Waals surface area (Å²) in [5, 5.41) is 0. The van der Waals surface area contributed by atoms with Crippen molar-refractivity contribution in [3.05, 3.63) is 47.5 Å². The van der Waals surface area contributed by atoms with Gasteiger partial charge in [0.1, 0.15) is 22.8 Å². The molecule has 2 N–H and O–H groups in total. The number of nitrogens with two attached hydrogens (primary N) is 1. The van der Waals surface area contributed by atoms with E-state index in [2.05, 4.69) is 4.74 Å². The van der Waals surface area contributed by atoms with Crippen LogP contribution >= 0.6 is 0 Å². The zero-order valence-electron chi connectivity index (χ0n) is 12.8. The maximum absolute atomic E-state index is 12.7. The van der Waals surface area contributed by atoms with Crippen molar-refractivity contribution >= 4 is 11.7 Å². The van der Waals surface area contributed by atoms with Gasteiger partial charge in [-0.1, -0.05) is 0 Å². The molecule has 5 nitrogen and oxygen atoms in total. The molecule has 128 valence electrons. The van der Waals surface area contributed by atoms with Gasteiger partial charge in [-0.05, 0) is 30.3 Å². The van der Waals surface area contributed by atoms with E-state index in [1.807, 2.05) is 0 Å². The highest BCUT2D eigenvalue weighted by Gasteiger charge is 2.31. The number of methoxy groups -OCH3 is 2. The number of carbonyl (C=O) groups is 1. The van der Waals surface area contributed by atoms with E-state index in [0.717, 1.165) is 18.2 Å². The summed E-state index contributed by atoms with van der Waals surface area (Å²) in [4.78, 5) is 11.8. The number of hydrogen-bond donors (Lipinski definition) is 1. The SMILES string of the molecule is COC(=O)c1ccc(OC)cc1Oc1ccc(C(F)(F)F)cc1N. The lowest BCUT2D eigenvalue weighted by atomic mass is 10.1. The number of nitrogen functional groups attached to an aromatic ring is 1. The van der Waals surface area contributed by atoms with Gasteiger partial charge in [-0.3, -0.25) is 0 Å². The number of anilines is 1. The predicted octanol–water partition coefficient (Wildman–Crippen LogP) is 3.88. The molecule has 0 radical (unpaired) electrons. The lowest BCUT2D eigenvalue weighted by Crippen LogP contribution is -2.07. The van der Waals surface area contributed by atoms with Crippen LogP contribution in [0.3, 0.4) is 0 Å². The Morgan fingerprint density at radius 3 is 2.29 bits per heavy atom. The molecular formula is C16H14F3NO4. The van der Waals surface area contributed by atoms with Gasteiger partial charge in [-0.25, -0.2) is 4.79 Å². The third kappa shape index (κ3) is 3.70. The Balaban J connectivity index is 2.42. The van der Waals surface area contributed by atoms with Crippen molar-refractivity contribution in [2.75, 3.05) is 20.0 Å². The van der Waals surface area contributed by atoms with Crippen molar-refractivity contribution in [3.8, 4) is 17.2 Å². The minimum absolute atomic E-state index is 0.0265. The summed E-state index contributed by atoms with van der Waals surface area (Å²) in [5.74, 6) is -0.254. The third-order valence-electron chi connectivity index (χ3n) is 3.15. The molecule has 0 aromatic heterocycles. The first-order valence-corrected chi connectivity index (χ1v) is 6.67. The van der Waals surface area contributed by atoms with Crippen LogP contribution in [0.15, 0.2) is 36.4 Å².